The van der Waals surface area contributed by atoms with E-state index in [0.29, 0.717) is 5.89 Å². The Kier molecular flexibility index (Phi) is 3.47. The Morgan fingerprint density at radius 3 is 3.00 bits per heavy atom. The van der Waals surface area contributed by atoms with Crippen LogP contribution < -0.4 is 5.32 Å². The average molecular weight is 254 g/mol. The molecule has 0 aliphatic carbocycles. The van der Waals surface area contributed by atoms with Crippen LogP contribution in [0.2, 0.25) is 0 Å². The summed E-state index contributed by atoms with van der Waals surface area (Å²) in [5, 5.41) is 9.34. The van der Waals surface area contributed by atoms with Gasteiger partial charge in [-0.3, -0.25) is 4.98 Å². The standard InChI is InChI=1S/C14H14N4O/c1-2-4-13-11(3-1)7-16-9-12(13)8-15-6-5-14-17-10-18-19-14/h1-4,7,9-10,15H,5-6,8H2. The molecule has 0 aliphatic rings. The number of benzene rings is 1. The van der Waals surface area contributed by atoms with Crippen LogP contribution in [-0.4, -0.2) is 21.7 Å². The molecule has 5 heteroatoms. The maximum Gasteiger partial charge on any atom is 0.227 e. The number of fused-ring (bicyclic) bond motifs is 1. The molecule has 0 amide bonds. The lowest BCUT2D eigenvalue weighted by Crippen LogP contribution is -2.17. The molecule has 0 fully saturated rings. The van der Waals surface area contributed by atoms with Crippen LogP contribution in [0.1, 0.15) is 11.5 Å². The normalized spacial score (nSPS) is 10.9. The van der Waals surface area contributed by atoms with Crippen molar-refractivity contribution in [1.29, 1.82) is 0 Å². The first kappa shape index (κ1) is 11.8. The van der Waals surface area contributed by atoms with Gasteiger partial charge in [-0.15, -0.1) is 0 Å². The topological polar surface area (TPSA) is 63.8 Å². The highest BCUT2D eigenvalue weighted by Crippen LogP contribution is 2.16. The highest BCUT2D eigenvalue weighted by Gasteiger charge is 2.02. The van der Waals surface area contributed by atoms with Crippen LogP contribution in [0, 0.1) is 0 Å². The summed E-state index contributed by atoms with van der Waals surface area (Å²) in [6, 6.07) is 8.26. The minimum Gasteiger partial charge on any atom is -0.340 e. The molecule has 3 rings (SSSR count). The van der Waals surface area contributed by atoms with E-state index in [1.807, 2.05) is 24.5 Å². The second-order valence-corrected chi connectivity index (χ2v) is 4.28. The summed E-state index contributed by atoms with van der Waals surface area (Å²) in [6.07, 6.45) is 5.95. The molecule has 3 aromatic rings. The first-order valence-corrected chi connectivity index (χ1v) is 6.21. The average Bonchev–Trinajstić information content (AvgIpc) is 2.97. The number of nitrogens with one attached hydrogen (secondary N) is 1. The number of nitrogens with zero attached hydrogens (tertiary/aromatic N) is 3. The van der Waals surface area contributed by atoms with Crippen molar-refractivity contribution in [3.63, 3.8) is 0 Å². The Morgan fingerprint density at radius 1 is 1.16 bits per heavy atom. The highest BCUT2D eigenvalue weighted by molar-refractivity contribution is 5.84. The third kappa shape index (κ3) is 2.77. The quantitative estimate of drug-likeness (QED) is 0.705. The largest absolute Gasteiger partial charge is 0.340 e. The third-order valence-corrected chi connectivity index (χ3v) is 2.99. The van der Waals surface area contributed by atoms with Gasteiger partial charge in [0.15, 0.2) is 6.33 Å². The van der Waals surface area contributed by atoms with Gasteiger partial charge in [0, 0.05) is 37.3 Å². The molecule has 1 N–H and O–H groups in total. The van der Waals surface area contributed by atoms with Gasteiger partial charge in [0.1, 0.15) is 0 Å². The maximum atomic E-state index is 4.94. The van der Waals surface area contributed by atoms with Gasteiger partial charge in [0.2, 0.25) is 5.89 Å². The van der Waals surface area contributed by atoms with Gasteiger partial charge in [-0.05, 0) is 10.9 Å². The Balaban J connectivity index is 1.62. The molecule has 2 aromatic heterocycles. The van der Waals surface area contributed by atoms with E-state index in [1.54, 1.807) is 0 Å². The van der Waals surface area contributed by atoms with Crippen molar-refractivity contribution in [2.24, 2.45) is 0 Å². The Hall–Kier alpha value is -2.27. The Morgan fingerprint density at radius 2 is 2.11 bits per heavy atom. The molecule has 0 radical (unpaired) electrons. The molecular formula is C14H14N4O. The van der Waals surface area contributed by atoms with Crippen molar-refractivity contribution >= 4 is 10.8 Å². The minimum absolute atomic E-state index is 0.656. The third-order valence-electron chi connectivity index (χ3n) is 2.99. The van der Waals surface area contributed by atoms with Crippen molar-refractivity contribution in [1.82, 2.24) is 20.4 Å². The molecule has 2 heterocycles. The summed E-state index contributed by atoms with van der Waals surface area (Å²) in [4.78, 5) is 8.24. The van der Waals surface area contributed by atoms with Crippen LogP contribution in [0.3, 0.4) is 0 Å². The molecule has 0 saturated heterocycles. The van der Waals surface area contributed by atoms with Crippen molar-refractivity contribution < 1.29 is 4.52 Å². The van der Waals surface area contributed by atoms with Gasteiger partial charge < -0.3 is 9.84 Å². The smallest absolute Gasteiger partial charge is 0.227 e. The SMILES string of the molecule is c1ccc2c(CNCCc3ncno3)cncc2c1. The van der Waals surface area contributed by atoms with E-state index in [2.05, 4.69) is 32.6 Å². The molecule has 19 heavy (non-hydrogen) atoms. The number of rotatable bonds is 5. The van der Waals surface area contributed by atoms with E-state index in [4.69, 9.17) is 4.52 Å². The van der Waals surface area contributed by atoms with Crippen LogP contribution >= 0.6 is 0 Å². The van der Waals surface area contributed by atoms with Crippen LogP contribution in [-0.2, 0) is 13.0 Å². The van der Waals surface area contributed by atoms with Gasteiger partial charge in [-0.2, -0.15) is 4.98 Å². The monoisotopic (exact) mass is 254 g/mol. The molecule has 0 atom stereocenters. The summed E-state index contributed by atoms with van der Waals surface area (Å²) >= 11 is 0. The van der Waals surface area contributed by atoms with Crippen molar-refractivity contribution in [2.75, 3.05) is 6.54 Å². The molecule has 0 unspecified atom stereocenters. The fourth-order valence-electron chi connectivity index (χ4n) is 2.04. The predicted molar refractivity (Wildman–Crippen MR) is 71.5 cm³/mol. The van der Waals surface area contributed by atoms with Crippen molar-refractivity contribution in [3.05, 3.63) is 54.4 Å². The predicted octanol–water partition coefficient (Wildman–Crippen LogP) is 1.95. The maximum absolute atomic E-state index is 4.94. The molecular weight excluding hydrogens is 240 g/mol. The van der Waals surface area contributed by atoms with Gasteiger partial charge in [0.05, 0.1) is 0 Å². The summed E-state index contributed by atoms with van der Waals surface area (Å²) in [5.74, 6) is 0.656. The summed E-state index contributed by atoms with van der Waals surface area (Å²) < 4.78 is 4.94. The minimum atomic E-state index is 0.656. The van der Waals surface area contributed by atoms with E-state index >= 15 is 0 Å². The van der Waals surface area contributed by atoms with E-state index in [0.717, 1.165) is 19.5 Å². The van der Waals surface area contributed by atoms with E-state index in [9.17, 15) is 0 Å². The zero-order chi connectivity index (χ0) is 12.9. The Labute approximate surface area is 110 Å². The first-order valence-electron chi connectivity index (χ1n) is 6.21. The Bertz CT molecular complexity index is 646. The van der Waals surface area contributed by atoms with Gasteiger partial charge in [-0.25, -0.2) is 0 Å². The summed E-state index contributed by atoms with van der Waals surface area (Å²) in [5.41, 5.74) is 1.20. The van der Waals surface area contributed by atoms with Gasteiger partial charge >= 0.3 is 0 Å². The van der Waals surface area contributed by atoms with Crippen molar-refractivity contribution in [3.8, 4) is 0 Å². The molecule has 1 aromatic carbocycles. The van der Waals surface area contributed by atoms with Gasteiger partial charge in [0.25, 0.3) is 0 Å². The first-order chi connectivity index (χ1) is 9.43. The van der Waals surface area contributed by atoms with Crippen LogP contribution in [0.5, 0.6) is 0 Å². The van der Waals surface area contributed by atoms with Crippen LogP contribution in [0.15, 0.2) is 47.5 Å². The summed E-state index contributed by atoms with van der Waals surface area (Å²) in [6.45, 7) is 1.58. The lowest BCUT2D eigenvalue weighted by atomic mass is 10.1. The number of hydrogen-bond acceptors (Lipinski definition) is 5. The number of pyridine rings is 1. The van der Waals surface area contributed by atoms with E-state index < -0.39 is 0 Å². The molecule has 0 saturated carbocycles. The van der Waals surface area contributed by atoms with Gasteiger partial charge in [-0.1, -0.05) is 29.4 Å². The fourth-order valence-corrected chi connectivity index (χ4v) is 2.04. The molecule has 0 spiro atoms. The van der Waals surface area contributed by atoms with E-state index in [-0.39, 0.29) is 0 Å². The lowest BCUT2D eigenvalue weighted by Gasteiger charge is -2.06. The highest BCUT2D eigenvalue weighted by atomic mass is 16.5. The zero-order valence-corrected chi connectivity index (χ0v) is 10.4. The number of aromatic nitrogens is 3. The molecule has 96 valence electrons. The zero-order valence-electron chi connectivity index (χ0n) is 10.4. The second kappa shape index (κ2) is 5.58. The van der Waals surface area contributed by atoms with Crippen LogP contribution in [0.25, 0.3) is 10.8 Å². The molecule has 5 nitrogen and oxygen atoms in total. The molecule has 0 bridgehead atoms. The number of hydrogen-bond donors (Lipinski definition) is 1. The fraction of sp³-hybridized carbons (Fsp3) is 0.214. The van der Waals surface area contributed by atoms with E-state index in [1.165, 1.54) is 22.7 Å². The summed E-state index contributed by atoms with van der Waals surface area (Å²) in [7, 11) is 0. The lowest BCUT2D eigenvalue weighted by molar-refractivity contribution is 0.375. The van der Waals surface area contributed by atoms with Crippen LogP contribution in [0.4, 0.5) is 0 Å². The molecule has 0 aliphatic heterocycles. The second-order valence-electron chi connectivity index (χ2n) is 4.28. The van der Waals surface area contributed by atoms with Crippen molar-refractivity contribution in [2.45, 2.75) is 13.0 Å².